The second kappa shape index (κ2) is 5.80. The largest absolute Gasteiger partial charge is 0.436 e. The molecule has 2 aromatic carbocycles. The second-order valence-corrected chi connectivity index (χ2v) is 8.43. The standard InChI is InChI=1S/C19H13IN4O2/c21-12-3-1-2-10(6-12)18-23-13-8-14-16(9-15(13)25-18)26-19(24-14)11-4-5-20-17(22)7-11/h1-9H,21-22H2. The molecule has 5 rings (SSSR count). The third-order valence-electron chi connectivity index (χ3n) is 4.00. The lowest BCUT2D eigenvalue weighted by Crippen LogP contribution is -1.93. The van der Waals surface area contributed by atoms with Crippen molar-refractivity contribution in [3.8, 4) is 11.5 Å². The van der Waals surface area contributed by atoms with Gasteiger partial charge in [-0.2, -0.15) is 0 Å². The normalized spacial score (nSPS) is 14.3. The van der Waals surface area contributed by atoms with Crippen molar-refractivity contribution in [2.75, 3.05) is 5.73 Å². The molecule has 0 amide bonds. The summed E-state index contributed by atoms with van der Waals surface area (Å²) in [5.41, 5.74) is 16.9. The number of nitrogens with two attached hydrogens (primary N) is 2. The molecule has 0 saturated heterocycles. The Bertz CT molecular complexity index is 1210. The molecular formula is C19H13IN4O2. The van der Waals surface area contributed by atoms with Crippen molar-refractivity contribution in [3.05, 3.63) is 58.1 Å². The molecule has 4 aromatic rings. The van der Waals surface area contributed by atoms with Crippen LogP contribution >= 0.6 is 20.7 Å². The minimum atomic E-state index is -0.204. The predicted octanol–water partition coefficient (Wildman–Crippen LogP) is 4.19. The molecule has 6 nitrogen and oxygen atoms in total. The second-order valence-electron chi connectivity index (χ2n) is 5.84. The van der Waals surface area contributed by atoms with E-state index < -0.39 is 0 Å². The van der Waals surface area contributed by atoms with E-state index in [1.54, 1.807) is 0 Å². The number of hydrogen-bond donors (Lipinski definition) is 2. The zero-order chi connectivity index (χ0) is 17.7. The van der Waals surface area contributed by atoms with Gasteiger partial charge >= 0.3 is 0 Å². The molecule has 26 heavy (non-hydrogen) atoms. The fourth-order valence-electron chi connectivity index (χ4n) is 2.80. The highest BCUT2D eigenvalue weighted by molar-refractivity contribution is 14.2. The van der Waals surface area contributed by atoms with Gasteiger partial charge in [0.1, 0.15) is 11.0 Å². The van der Waals surface area contributed by atoms with Crippen LogP contribution in [0.25, 0.3) is 39.2 Å². The Kier molecular flexibility index (Phi) is 3.42. The maximum absolute atomic E-state index is 5.94. The van der Waals surface area contributed by atoms with Gasteiger partial charge in [0.15, 0.2) is 11.2 Å². The van der Waals surface area contributed by atoms with Crippen LogP contribution in [0.1, 0.15) is 5.89 Å². The molecule has 1 aliphatic rings. The van der Waals surface area contributed by atoms with Gasteiger partial charge in [0, 0.05) is 22.9 Å². The lowest BCUT2D eigenvalue weighted by Gasteiger charge is -2.00. The van der Waals surface area contributed by atoms with Crippen molar-refractivity contribution in [3.63, 3.8) is 0 Å². The Morgan fingerprint density at radius 2 is 1.65 bits per heavy atom. The Labute approximate surface area is 157 Å². The average molecular weight is 456 g/mol. The van der Waals surface area contributed by atoms with Gasteiger partial charge in [-0.05, 0) is 40.4 Å². The van der Waals surface area contributed by atoms with Crippen LogP contribution in [0.2, 0.25) is 0 Å². The van der Waals surface area contributed by atoms with E-state index in [2.05, 4.69) is 14.0 Å². The summed E-state index contributed by atoms with van der Waals surface area (Å²) >= 11 is -0.204. The summed E-state index contributed by atoms with van der Waals surface area (Å²) in [6.45, 7) is 0. The van der Waals surface area contributed by atoms with Crippen molar-refractivity contribution in [2.24, 2.45) is 5.73 Å². The molecule has 7 heteroatoms. The monoisotopic (exact) mass is 456 g/mol. The highest BCUT2D eigenvalue weighted by atomic mass is 127. The Balaban J connectivity index is 1.61. The predicted molar refractivity (Wildman–Crippen MR) is 112 cm³/mol. The van der Waals surface area contributed by atoms with Gasteiger partial charge in [-0.25, -0.2) is 9.97 Å². The molecule has 4 N–H and O–H groups in total. The smallest absolute Gasteiger partial charge is 0.227 e. The van der Waals surface area contributed by atoms with Crippen molar-refractivity contribution in [1.82, 2.24) is 9.97 Å². The van der Waals surface area contributed by atoms with Crippen LogP contribution in [0.4, 0.5) is 5.69 Å². The van der Waals surface area contributed by atoms with Crippen LogP contribution < -0.4 is 11.5 Å². The number of allylic oxidation sites excluding steroid dienone is 3. The van der Waals surface area contributed by atoms with Crippen molar-refractivity contribution >= 4 is 58.2 Å². The van der Waals surface area contributed by atoms with Crippen molar-refractivity contribution in [2.45, 2.75) is 0 Å². The molecule has 0 saturated carbocycles. The number of oxazole rings is 2. The number of nitrogens with zero attached hydrogens (tertiary/aromatic N) is 2. The molecule has 0 unspecified atom stereocenters. The number of anilines is 1. The number of halogens is 1. The molecule has 2 aromatic heterocycles. The quantitative estimate of drug-likeness (QED) is 0.266. The summed E-state index contributed by atoms with van der Waals surface area (Å²) in [6.07, 6.45) is 3.94. The van der Waals surface area contributed by atoms with Gasteiger partial charge < -0.3 is 20.3 Å². The van der Waals surface area contributed by atoms with E-state index >= 15 is 0 Å². The molecular weight excluding hydrogens is 443 g/mol. The van der Waals surface area contributed by atoms with Gasteiger partial charge in [0.2, 0.25) is 11.8 Å². The molecule has 0 radical (unpaired) electrons. The first-order valence-electron chi connectivity index (χ1n) is 7.87. The Morgan fingerprint density at radius 1 is 0.885 bits per heavy atom. The van der Waals surface area contributed by atoms with Crippen molar-refractivity contribution in [1.29, 1.82) is 0 Å². The van der Waals surface area contributed by atoms with Crippen LogP contribution in [0, 0.1) is 0 Å². The van der Waals surface area contributed by atoms with Crippen LogP contribution in [0.5, 0.6) is 0 Å². The van der Waals surface area contributed by atoms with E-state index in [1.807, 2.05) is 48.6 Å². The summed E-state index contributed by atoms with van der Waals surface area (Å²) in [5.74, 6) is 1.07. The lowest BCUT2D eigenvalue weighted by atomic mass is 10.2. The van der Waals surface area contributed by atoms with Crippen molar-refractivity contribution < 1.29 is 8.83 Å². The van der Waals surface area contributed by atoms with Gasteiger partial charge in [-0.1, -0.05) is 26.8 Å². The summed E-state index contributed by atoms with van der Waals surface area (Å²) in [6, 6.07) is 11.1. The molecule has 0 atom stereocenters. The van der Waals surface area contributed by atoms with E-state index in [4.69, 9.17) is 20.3 Å². The summed E-state index contributed by atoms with van der Waals surface area (Å²) in [4.78, 5) is 9.13. The first kappa shape index (κ1) is 15.3. The zero-order valence-electron chi connectivity index (χ0n) is 13.4. The number of nitrogen functional groups attached to an aromatic ring is 1. The molecule has 0 spiro atoms. The molecule has 128 valence electrons. The fourth-order valence-corrected chi connectivity index (χ4v) is 4.30. The fraction of sp³-hybridized carbons (Fsp3) is 0. The SMILES string of the molecule is NC1=CC(c2nc3cc4nc(-c5cccc(N)c5)oc4cc3o2)=CC=I1. The van der Waals surface area contributed by atoms with E-state index in [0.29, 0.717) is 28.6 Å². The first-order valence-corrected chi connectivity index (χ1v) is 10.2. The third kappa shape index (κ3) is 2.60. The topological polar surface area (TPSA) is 104 Å². The van der Waals surface area contributed by atoms with E-state index in [-0.39, 0.29) is 20.7 Å². The van der Waals surface area contributed by atoms with E-state index in [0.717, 1.165) is 25.9 Å². The average Bonchev–Trinajstić information content (AvgIpc) is 3.22. The molecule has 1 aliphatic heterocycles. The maximum atomic E-state index is 5.94. The molecule has 0 bridgehead atoms. The van der Waals surface area contributed by atoms with E-state index in [9.17, 15) is 0 Å². The van der Waals surface area contributed by atoms with Crippen LogP contribution in [-0.4, -0.2) is 14.0 Å². The third-order valence-corrected chi connectivity index (χ3v) is 5.75. The molecule has 3 heterocycles. The van der Waals surface area contributed by atoms with Gasteiger partial charge in [0.25, 0.3) is 0 Å². The zero-order valence-corrected chi connectivity index (χ0v) is 15.6. The lowest BCUT2D eigenvalue weighted by molar-refractivity contribution is 0.583. The number of rotatable bonds is 2. The van der Waals surface area contributed by atoms with Gasteiger partial charge in [-0.15, -0.1) is 0 Å². The Morgan fingerprint density at radius 3 is 2.42 bits per heavy atom. The number of fused-ring (bicyclic) bond motifs is 2. The number of benzene rings is 2. The molecule has 0 fully saturated rings. The van der Waals surface area contributed by atoms with E-state index in [1.165, 1.54) is 0 Å². The van der Waals surface area contributed by atoms with Gasteiger partial charge in [0.05, 0.1) is 3.70 Å². The van der Waals surface area contributed by atoms with Gasteiger partial charge in [-0.3, -0.25) is 0 Å². The van der Waals surface area contributed by atoms with Crippen LogP contribution in [0.15, 0.2) is 61.1 Å². The number of hydrogen-bond acceptors (Lipinski definition) is 6. The maximum Gasteiger partial charge on any atom is 0.227 e. The van der Waals surface area contributed by atoms with Crippen LogP contribution in [0.3, 0.4) is 0 Å². The highest BCUT2D eigenvalue weighted by Gasteiger charge is 2.15. The number of aromatic nitrogens is 2. The summed E-state index contributed by atoms with van der Waals surface area (Å²) < 4.78 is 14.8. The minimum absolute atomic E-state index is 0.204. The Hall–Kier alpha value is -2.94. The summed E-state index contributed by atoms with van der Waals surface area (Å²) in [7, 11) is 0. The highest BCUT2D eigenvalue weighted by Crippen LogP contribution is 2.31. The minimum Gasteiger partial charge on any atom is -0.436 e. The van der Waals surface area contributed by atoms with Crippen LogP contribution in [-0.2, 0) is 0 Å². The summed E-state index contributed by atoms with van der Waals surface area (Å²) in [5, 5.41) is 0. The first-order chi connectivity index (χ1) is 12.7. The molecule has 0 aliphatic carbocycles.